The number of nitrogens with zero attached hydrogens (tertiary/aromatic N) is 3. The largest absolute Gasteiger partial charge is 0.497 e. The Morgan fingerprint density at radius 3 is 2.34 bits per heavy atom. The summed E-state index contributed by atoms with van der Waals surface area (Å²) in [5.41, 5.74) is 1.43. The Bertz CT molecular complexity index is 1090. The predicted molar refractivity (Wildman–Crippen MR) is 125 cm³/mol. The molecule has 4 rings (SSSR count). The highest BCUT2D eigenvalue weighted by molar-refractivity contribution is 6.30. The SMILES string of the molecule is COc1ccc(C(=O)Nc2ccccc2C(=O)N2CCN(c3ccc(Cl)cn3)CC2)cc1. The van der Waals surface area contributed by atoms with Crippen molar-refractivity contribution in [3.05, 3.63) is 83.0 Å². The van der Waals surface area contributed by atoms with Crippen LogP contribution in [0.5, 0.6) is 5.75 Å². The Labute approximate surface area is 191 Å². The number of halogens is 1. The van der Waals surface area contributed by atoms with Crippen LogP contribution in [0.3, 0.4) is 0 Å². The number of carbonyl (C=O) groups is 2. The van der Waals surface area contributed by atoms with E-state index in [1.165, 1.54) is 0 Å². The zero-order valence-electron chi connectivity index (χ0n) is 17.6. The van der Waals surface area contributed by atoms with Gasteiger partial charge in [-0.05, 0) is 48.5 Å². The van der Waals surface area contributed by atoms with E-state index in [2.05, 4.69) is 15.2 Å². The number of anilines is 2. The molecular formula is C24H23ClN4O3. The molecule has 8 heteroatoms. The van der Waals surface area contributed by atoms with Crippen LogP contribution < -0.4 is 15.0 Å². The lowest BCUT2D eigenvalue weighted by Gasteiger charge is -2.35. The number of para-hydroxylation sites is 1. The smallest absolute Gasteiger partial charge is 0.256 e. The van der Waals surface area contributed by atoms with Gasteiger partial charge in [-0.15, -0.1) is 0 Å². The fraction of sp³-hybridized carbons (Fsp3) is 0.208. The van der Waals surface area contributed by atoms with E-state index in [9.17, 15) is 9.59 Å². The fourth-order valence-corrected chi connectivity index (χ4v) is 3.69. The summed E-state index contributed by atoms with van der Waals surface area (Å²) >= 11 is 5.92. The summed E-state index contributed by atoms with van der Waals surface area (Å²) in [5, 5.41) is 3.46. The summed E-state index contributed by atoms with van der Waals surface area (Å²) in [4.78, 5) is 34.2. The number of benzene rings is 2. The van der Waals surface area contributed by atoms with Crippen LogP contribution in [0.1, 0.15) is 20.7 Å². The van der Waals surface area contributed by atoms with Gasteiger partial charge in [0.15, 0.2) is 0 Å². The third-order valence-electron chi connectivity index (χ3n) is 5.36. The van der Waals surface area contributed by atoms with Crippen LogP contribution in [0.2, 0.25) is 5.02 Å². The van der Waals surface area contributed by atoms with Crippen molar-refractivity contribution in [2.24, 2.45) is 0 Å². The third-order valence-corrected chi connectivity index (χ3v) is 5.58. The highest BCUT2D eigenvalue weighted by Crippen LogP contribution is 2.22. The van der Waals surface area contributed by atoms with Gasteiger partial charge in [-0.25, -0.2) is 4.98 Å². The molecule has 164 valence electrons. The van der Waals surface area contributed by atoms with Crippen molar-refractivity contribution in [2.75, 3.05) is 43.5 Å². The van der Waals surface area contributed by atoms with E-state index >= 15 is 0 Å². The molecule has 1 aromatic heterocycles. The third kappa shape index (κ3) is 4.84. The molecule has 1 fully saturated rings. The molecule has 0 unspecified atom stereocenters. The lowest BCUT2D eigenvalue weighted by Crippen LogP contribution is -2.49. The standard InChI is InChI=1S/C24H23ClN4O3/c1-32-19-9-6-17(7-10-19)23(30)27-21-5-3-2-4-20(21)24(31)29-14-12-28(13-15-29)22-11-8-18(25)16-26-22/h2-11,16H,12-15H2,1H3,(H,27,30). The Kier molecular flexibility index (Phi) is 6.56. The average molecular weight is 451 g/mol. The molecular weight excluding hydrogens is 428 g/mol. The quantitative estimate of drug-likeness (QED) is 0.636. The van der Waals surface area contributed by atoms with Crippen LogP contribution in [0.15, 0.2) is 66.9 Å². The van der Waals surface area contributed by atoms with Crippen molar-refractivity contribution in [1.82, 2.24) is 9.88 Å². The van der Waals surface area contributed by atoms with Crippen LogP contribution in [0, 0.1) is 0 Å². The van der Waals surface area contributed by atoms with E-state index in [4.69, 9.17) is 16.3 Å². The van der Waals surface area contributed by atoms with Crippen LogP contribution >= 0.6 is 11.6 Å². The Balaban J connectivity index is 1.43. The molecule has 7 nitrogen and oxygen atoms in total. The maximum atomic E-state index is 13.2. The highest BCUT2D eigenvalue weighted by Gasteiger charge is 2.25. The molecule has 0 saturated carbocycles. The molecule has 2 aromatic carbocycles. The molecule has 3 aromatic rings. The average Bonchev–Trinajstić information content (AvgIpc) is 2.84. The van der Waals surface area contributed by atoms with E-state index in [1.807, 2.05) is 12.1 Å². The van der Waals surface area contributed by atoms with Gasteiger partial charge in [0.2, 0.25) is 0 Å². The Hall–Kier alpha value is -3.58. The van der Waals surface area contributed by atoms with Crippen LogP contribution in [0.25, 0.3) is 0 Å². The van der Waals surface area contributed by atoms with E-state index in [1.54, 1.807) is 66.7 Å². The number of hydrogen-bond donors (Lipinski definition) is 1. The Morgan fingerprint density at radius 2 is 1.69 bits per heavy atom. The molecule has 1 N–H and O–H groups in total. The first-order chi connectivity index (χ1) is 15.5. The molecule has 0 aliphatic carbocycles. The normalized spacial score (nSPS) is 13.6. The van der Waals surface area contributed by atoms with Gasteiger partial charge in [-0.1, -0.05) is 23.7 Å². The van der Waals surface area contributed by atoms with Crippen molar-refractivity contribution in [3.63, 3.8) is 0 Å². The molecule has 1 saturated heterocycles. The van der Waals surface area contributed by atoms with Crippen molar-refractivity contribution in [3.8, 4) is 5.75 Å². The number of hydrogen-bond acceptors (Lipinski definition) is 5. The molecule has 0 spiro atoms. The number of carbonyl (C=O) groups excluding carboxylic acids is 2. The summed E-state index contributed by atoms with van der Waals surface area (Å²) in [6, 6.07) is 17.6. The topological polar surface area (TPSA) is 74.8 Å². The van der Waals surface area contributed by atoms with Crippen LogP contribution in [0.4, 0.5) is 11.5 Å². The number of piperazine rings is 1. The maximum absolute atomic E-state index is 13.2. The number of aromatic nitrogens is 1. The van der Waals surface area contributed by atoms with Crippen LogP contribution in [-0.4, -0.2) is 55.0 Å². The van der Waals surface area contributed by atoms with Gasteiger partial charge in [-0.2, -0.15) is 0 Å². The second-order valence-corrected chi connectivity index (χ2v) is 7.78. The van der Waals surface area contributed by atoms with Gasteiger partial charge in [0.1, 0.15) is 11.6 Å². The van der Waals surface area contributed by atoms with Crippen LogP contribution in [-0.2, 0) is 0 Å². The highest BCUT2D eigenvalue weighted by atomic mass is 35.5. The van der Waals surface area contributed by atoms with Gasteiger partial charge in [-0.3, -0.25) is 9.59 Å². The second-order valence-electron chi connectivity index (χ2n) is 7.34. The minimum Gasteiger partial charge on any atom is -0.497 e. The summed E-state index contributed by atoms with van der Waals surface area (Å²) in [6.07, 6.45) is 1.62. The predicted octanol–water partition coefficient (Wildman–Crippen LogP) is 3.96. The van der Waals surface area contributed by atoms with Gasteiger partial charge in [0.25, 0.3) is 11.8 Å². The van der Waals surface area contributed by atoms with Gasteiger partial charge >= 0.3 is 0 Å². The minimum absolute atomic E-state index is 0.112. The molecule has 1 aliphatic heterocycles. The zero-order valence-corrected chi connectivity index (χ0v) is 18.4. The summed E-state index contributed by atoms with van der Waals surface area (Å²) < 4.78 is 5.13. The Morgan fingerprint density at radius 1 is 0.969 bits per heavy atom. The van der Waals surface area contributed by atoms with Crippen molar-refractivity contribution in [2.45, 2.75) is 0 Å². The molecule has 2 amide bonds. The van der Waals surface area contributed by atoms with E-state index < -0.39 is 0 Å². The number of methoxy groups -OCH3 is 1. The van der Waals surface area contributed by atoms with Gasteiger partial charge in [0, 0.05) is 37.9 Å². The van der Waals surface area contributed by atoms with Gasteiger partial charge < -0.3 is 19.9 Å². The first kappa shape index (κ1) is 21.6. The summed E-state index contributed by atoms with van der Waals surface area (Å²) in [6.45, 7) is 2.45. The summed E-state index contributed by atoms with van der Waals surface area (Å²) in [5.74, 6) is 1.12. The number of rotatable bonds is 5. The number of nitrogens with one attached hydrogen (secondary N) is 1. The molecule has 32 heavy (non-hydrogen) atoms. The maximum Gasteiger partial charge on any atom is 0.256 e. The lowest BCUT2D eigenvalue weighted by atomic mass is 10.1. The van der Waals surface area contributed by atoms with E-state index in [-0.39, 0.29) is 11.8 Å². The monoisotopic (exact) mass is 450 g/mol. The van der Waals surface area contributed by atoms with Crippen molar-refractivity contribution >= 4 is 34.9 Å². The first-order valence-electron chi connectivity index (χ1n) is 10.3. The molecule has 0 bridgehead atoms. The second kappa shape index (κ2) is 9.70. The molecule has 0 atom stereocenters. The molecule has 2 heterocycles. The first-order valence-corrected chi connectivity index (χ1v) is 10.6. The minimum atomic E-state index is -0.286. The lowest BCUT2D eigenvalue weighted by molar-refractivity contribution is 0.0747. The number of ether oxygens (including phenoxy) is 1. The fourth-order valence-electron chi connectivity index (χ4n) is 3.58. The van der Waals surface area contributed by atoms with E-state index in [0.717, 1.165) is 5.82 Å². The van der Waals surface area contributed by atoms with Gasteiger partial charge in [0.05, 0.1) is 23.4 Å². The van der Waals surface area contributed by atoms with Crippen molar-refractivity contribution < 1.29 is 14.3 Å². The zero-order chi connectivity index (χ0) is 22.5. The number of pyridine rings is 1. The summed E-state index contributed by atoms with van der Waals surface area (Å²) in [7, 11) is 1.57. The molecule has 0 radical (unpaired) electrons. The van der Waals surface area contributed by atoms with Crippen molar-refractivity contribution in [1.29, 1.82) is 0 Å². The number of amides is 2. The molecule has 1 aliphatic rings. The van der Waals surface area contributed by atoms with E-state index in [0.29, 0.717) is 53.8 Å².